The van der Waals surface area contributed by atoms with E-state index in [0.717, 1.165) is 23.4 Å². The van der Waals surface area contributed by atoms with Crippen LogP contribution >= 0.6 is 11.6 Å². The molecule has 0 aliphatic rings. The molecule has 2 rings (SSSR count). The monoisotopic (exact) mass is 296 g/mol. The van der Waals surface area contributed by atoms with Crippen molar-refractivity contribution in [2.24, 2.45) is 0 Å². The van der Waals surface area contributed by atoms with Gasteiger partial charge in [0.25, 0.3) is 0 Å². The fourth-order valence-electron chi connectivity index (χ4n) is 2.11. The summed E-state index contributed by atoms with van der Waals surface area (Å²) in [5.41, 5.74) is 1.86. The first-order valence-electron chi connectivity index (χ1n) is 6.74. The third-order valence-corrected chi connectivity index (χ3v) is 3.25. The predicted molar refractivity (Wildman–Crippen MR) is 81.1 cm³/mol. The van der Waals surface area contributed by atoms with Crippen molar-refractivity contribution in [1.29, 1.82) is 0 Å². The number of pyridine rings is 1. The number of rotatable bonds is 6. The zero-order valence-electron chi connectivity index (χ0n) is 12.4. The zero-order valence-corrected chi connectivity index (χ0v) is 13.2. The van der Waals surface area contributed by atoms with Gasteiger partial charge in [-0.05, 0) is 27.9 Å². The zero-order chi connectivity index (χ0) is 14.7. The van der Waals surface area contributed by atoms with Crippen LogP contribution in [0.2, 0.25) is 5.15 Å². The van der Waals surface area contributed by atoms with Gasteiger partial charge in [-0.2, -0.15) is 0 Å². The standard InChI is InChI=1S/C14H21ClN4O/c1-10(2)19-12-7-13(15)16-8-11(12)17-14(19)9-20-6-5-18(3)4/h7-8,10H,5-6,9H2,1-4H3. The van der Waals surface area contributed by atoms with Crippen LogP contribution in [0.15, 0.2) is 12.3 Å². The van der Waals surface area contributed by atoms with Gasteiger partial charge in [-0.15, -0.1) is 0 Å². The van der Waals surface area contributed by atoms with Gasteiger partial charge < -0.3 is 14.2 Å². The lowest BCUT2D eigenvalue weighted by atomic mass is 10.3. The Balaban J connectivity index is 2.21. The maximum atomic E-state index is 5.98. The molecule has 2 aromatic rings. The molecule has 0 spiro atoms. The van der Waals surface area contributed by atoms with E-state index < -0.39 is 0 Å². The van der Waals surface area contributed by atoms with Crippen LogP contribution in [0.25, 0.3) is 11.0 Å². The summed E-state index contributed by atoms with van der Waals surface area (Å²) < 4.78 is 7.85. The van der Waals surface area contributed by atoms with Crippen molar-refractivity contribution in [2.45, 2.75) is 26.5 Å². The van der Waals surface area contributed by atoms with Gasteiger partial charge in [0.2, 0.25) is 0 Å². The highest BCUT2D eigenvalue weighted by molar-refractivity contribution is 6.29. The van der Waals surface area contributed by atoms with Crippen LogP contribution in [0.5, 0.6) is 0 Å². The third-order valence-electron chi connectivity index (χ3n) is 3.05. The van der Waals surface area contributed by atoms with Crippen molar-refractivity contribution in [3.8, 4) is 0 Å². The van der Waals surface area contributed by atoms with Crippen molar-refractivity contribution >= 4 is 22.6 Å². The van der Waals surface area contributed by atoms with Crippen LogP contribution in [0.4, 0.5) is 0 Å². The molecule has 0 saturated carbocycles. The molecule has 6 heteroatoms. The largest absolute Gasteiger partial charge is 0.372 e. The van der Waals surface area contributed by atoms with Crippen LogP contribution < -0.4 is 0 Å². The Bertz CT molecular complexity index is 580. The molecular weight excluding hydrogens is 276 g/mol. The maximum absolute atomic E-state index is 5.98. The molecule has 0 bridgehead atoms. The van der Waals surface area contributed by atoms with Crippen molar-refractivity contribution in [1.82, 2.24) is 19.4 Å². The van der Waals surface area contributed by atoms with E-state index in [4.69, 9.17) is 16.3 Å². The van der Waals surface area contributed by atoms with Crippen molar-refractivity contribution < 1.29 is 4.74 Å². The molecule has 110 valence electrons. The quantitative estimate of drug-likeness (QED) is 0.607. The average molecular weight is 297 g/mol. The first-order valence-corrected chi connectivity index (χ1v) is 7.11. The van der Waals surface area contributed by atoms with Crippen LogP contribution in [-0.4, -0.2) is 46.7 Å². The van der Waals surface area contributed by atoms with Crippen molar-refractivity contribution in [3.05, 3.63) is 23.2 Å². The fraction of sp³-hybridized carbons (Fsp3) is 0.571. The molecule has 20 heavy (non-hydrogen) atoms. The average Bonchev–Trinajstić information content (AvgIpc) is 2.71. The maximum Gasteiger partial charge on any atom is 0.136 e. The van der Waals surface area contributed by atoms with E-state index in [1.807, 2.05) is 20.2 Å². The summed E-state index contributed by atoms with van der Waals surface area (Å²) in [6.45, 7) is 6.33. The number of likely N-dealkylation sites (N-methyl/N-ethyl adjacent to an activating group) is 1. The van der Waals surface area contributed by atoms with Gasteiger partial charge in [-0.25, -0.2) is 9.97 Å². The van der Waals surface area contributed by atoms with Gasteiger partial charge in [0.1, 0.15) is 23.1 Å². The van der Waals surface area contributed by atoms with Gasteiger partial charge in [-0.3, -0.25) is 0 Å². The second kappa shape index (κ2) is 6.52. The number of nitrogens with zero attached hydrogens (tertiary/aromatic N) is 4. The molecule has 0 atom stereocenters. The second-order valence-electron chi connectivity index (χ2n) is 5.34. The SMILES string of the molecule is CC(C)n1c(COCCN(C)C)nc2cnc(Cl)cc21. The summed E-state index contributed by atoms with van der Waals surface area (Å²) in [5.74, 6) is 0.915. The molecular formula is C14H21ClN4O. The minimum absolute atomic E-state index is 0.297. The molecule has 0 N–H and O–H groups in total. The van der Waals surface area contributed by atoms with E-state index >= 15 is 0 Å². The van der Waals surface area contributed by atoms with Crippen LogP contribution in [-0.2, 0) is 11.3 Å². The summed E-state index contributed by atoms with van der Waals surface area (Å²) in [7, 11) is 4.06. The lowest BCUT2D eigenvalue weighted by Gasteiger charge is -2.14. The van der Waals surface area contributed by atoms with E-state index in [0.29, 0.717) is 24.4 Å². The van der Waals surface area contributed by atoms with Crippen molar-refractivity contribution in [3.63, 3.8) is 0 Å². The predicted octanol–water partition coefficient (Wildman–Crippen LogP) is 2.74. The molecule has 0 aliphatic carbocycles. The van der Waals surface area contributed by atoms with E-state index in [9.17, 15) is 0 Å². The highest BCUT2D eigenvalue weighted by Gasteiger charge is 2.14. The summed E-state index contributed by atoms with van der Waals surface area (Å²) in [4.78, 5) is 10.8. The summed E-state index contributed by atoms with van der Waals surface area (Å²) >= 11 is 5.98. The van der Waals surface area contributed by atoms with Gasteiger partial charge in [0.15, 0.2) is 0 Å². The van der Waals surface area contributed by atoms with Crippen molar-refractivity contribution in [2.75, 3.05) is 27.2 Å². The van der Waals surface area contributed by atoms with E-state index in [1.165, 1.54) is 0 Å². The van der Waals surface area contributed by atoms with E-state index in [1.54, 1.807) is 6.20 Å². The molecule has 0 unspecified atom stereocenters. The molecule has 2 aromatic heterocycles. The Labute approximate surface area is 124 Å². The minimum Gasteiger partial charge on any atom is -0.372 e. The molecule has 0 aliphatic heterocycles. The lowest BCUT2D eigenvalue weighted by Crippen LogP contribution is -2.18. The molecule has 2 heterocycles. The number of imidazole rings is 1. The number of hydrogen-bond acceptors (Lipinski definition) is 4. The summed E-state index contributed by atoms with van der Waals surface area (Å²) in [6.07, 6.45) is 1.71. The van der Waals surface area contributed by atoms with E-state index in [2.05, 4.69) is 33.3 Å². The molecule has 5 nitrogen and oxygen atoms in total. The Morgan fingerprint density at radius 1 is 1.40 bits per heavy atom. The first kappa shape index (κ1) is 15.2. The molecule has 0 amide bonds. The van der Waals surface area contributed by atoms with Crippen LogP contribution in [0.1, 0.15) is 25.7 Å². The van der Waals surface area contributed by atoms with Crippen LogP contribution in [0.3, 0.4) is 0 Å². The topological polar surface area (TPSA) is 43.2 Å². The Morgan fingerprint density at radius 2 is 2.15 bits per heavy atom. The number of hydrogen-bond donors (Lipinski definition) is 0. The van der Waals surface area contributed by atoms with Gasteiger partial charge in [0, 0.05) is 18.7 Å². The lowest BCUT2D eigenvalue weighted by molar-refractivity contribution is 0.0981. The molecule has 0 radical (unpaired) electrons. The minimum atomic E-state index is 0.297. The highest BCUT2D eigenvalue weighted by Crippen LogP contribution is 2.23. The highest BCUT2D eigenvalue weighted by atomic mass is 35.5. The normalized spacial score (nSPS) is 11.9. The number of aromatic nitrogens is 3. The molecule has 0 saturated heterocycles. The number of halogens is 1. The Hall–Kier alpha value is -1.17. The number of fused-ring (bicyclic) bond motifs is 1. The fourth-order valence-corrected chi connectivity index (χ4v) is 2.26. The second-order valence-corrected chi connectivity index (χ2v) is 5.73. The van der Waals surface area contributed by atoms with Gasteiger partial charge in [0.05, 0.1) is 18.3 Å². The molecule has 0 aromatic carbocycles. The summed E-state index contributed by atoms with van der Waals surface area (Å²) in [5, 5.41) is 0.486. The van der Waals surface area contributed by atoms with Gasteiger partial charge >= 0.3 is 0 Å². The molecule has 0 fully saturated rings. The third kappa shape index (κ3) is 3.48. The number of ether oxygens (including phenoxy) is 1. The first-order chi connectivity index (χ1) is 9.49. The van der Waals surface area contributed by atoms with E-state index in [-0.39, 0.29) is 0 Å². The smallest absolute Gasteiger partial charge is 0.136 e. The van der Waals surface area contributed by atoms with Gasteiger partial charge in [-0.1, -0.05) is 11.6 Å². The Kier molecular flexibility index (Phi) is 4.96. The Morgan fingerprint density at radius 3 is 2.80 bits per heavy atom. The van der Waals surface area contributed by atoms with Crippen LogP contribution in [0, 0.1) is 0 Å². The summed E-state index contributed by atoms with van der Waals surface area (Å²) in [6, 6.07) is 2.15.